The van der Waals surface area contributed by atoms with Gasteiger partial charge in [0.25, 0.3) is 5.92 Å². The van der Waals surface area contributed by atoms with E-state index in [1.54, 1.807) is 59.5 Å². The molecule has 0 spiro atoms. The first-order valence-electron chi connectivity index (χ1n) is 17.6. The molecule has 3 aromatic rings. The Balaban J connectivity index is 1.37. The Morgan fingerprint density at radius 3 is 2.40 bits per heavy atom. The number of amides is 1. The lowest BCUT2D eigenvalue weighted by atomic mass is 9.87. The molecule has 3 aromatic heterocycles. The minimum absolute atomic E-state index is 0.0169. The van der Waals surface area contributed by atoms with E-state index in [4.69, 9.17) is 18.9 Å². The van der Waals surface area contributed by atoms with Gasteiger partial charge in [0.15, 0.2) is 5.65 Å². The number of fused-ring (bicyclic) bond motifs is 1. The van der Waals surface area contributed by atoms with Crippen molar-refractivity contribution in [3.63, 3.8) is 0 Å². The SMILES string of the molecule is CN1CC(CCOCCOCCn2cc(C(=O)OC(C)(C)C)cn2)C(Nc2cccn3c(SC(F)(F)F)c(C#CCNC(=O)OC(C)(C)C)nc23)C(F)(F)C1. The molecule has 0 saturated carbocycles. The number of aromatic nitrogens is 4. The number of carbonyl (C=O) groups excluding carboxylic acids is 2. The van der Waals surface area contributed by atoms with E-state index in [1.165, 1.54) is 29.4 Å². The van der Waals surface area contributed by atoms with Crippen LogP contribution in [0.15, 0.2) is 35.7 Å². The summed E-state index contributed by atoms with van der Waals surface area (Å²) in [6.45, 7) is 11.2. The van der Waals surface area contributed by atoms with Crippen LogP contribution >= 0.6 is 11.8 Å². The maximum Gasteiger partial charge on any atom is 0.447 e. The lowest BCUT2D eigenvalue weighted by Gasteiger charge is -2.43. The predicted octanol–water partition coefficient (Wildman–Crippen LogP) is 6.08. The van der Waals surface area contributed by atoms with Crippen molar-refractivity contribution < 1.29 is 50.5 Å². The molecular weight excluding hydrogens is 753 g/mol. The van der Waals surface area contributed by atoms with Crippen molar-refractivity contribution in [1.29, 1.82) is 0 Å². The number of likely N-dealkylation sites (tertiary alicyclic amines) is 1. The Morgan fingerprint density at radius 2 is 1.73 bits per heavy atom. The smallest absolute Gasteiger partial charge is 0.447 e. The maximum absolute atomic E-state index is 15.7. The van der Waals surface area contributed by atoms with E-state index in [0.717, 1.165) is 4.40 Å². The summed E-state index contributed by atoms with van der Waals surface area (Å²) in [5.41, 5.74) is -5.90. The highest BCUT2D eigenvalue weighted by Gasteiger charge is 2.49. The molecule has 2 N–H and O–H groups in total. The molecular formula is C36H48F5N7O6S. The van der Waals surface area contributed by atoms with Gasteiger partial charge in [0, 0.05) is 37.3 Å². The van der Waals surface area contributed by atoms with Gasteiger partial charge in [-0.25, -0.2) is 23.4 Å². The van der Waals surface area contributed by atoms with E-state index < -0.39 is 65.0 Å². The Hall–Kier alpha value is -4.12. The zero-order chi connectivity index (χ0) is 40.6. The average Bonchev–Trinajstić information content (AvgIpc) is 3.65. The summed E-state index contributed by atoms with van der Waals surface area (Å²) in [7, 11) is 1.60. The summed E-state index contributed by atoms with van der Waals surface area (Å²) in [6.07, 6.45) is 3.85. The van der Waals surface area contributed by atoms with Gasteiger partial charge in [0.1, 0.15) is 21.9 Å². The fourth-order valence-corrected chi connectivity index (χ4v) is 6.33. The highest BCUT2D eigenvalue weighted by atomic mass is 32.2. The number of esters is 1. The van der Waals surface area contributed by atoms with Gasteiger partial charge in [-0.1, -0.05) is 5.92 Å². The molecule has 1 saturated heterocycles. The van der Waals surface area contributed by atoms with Crippen LogP contribution < -0.4 is 10.6 Å². The van der Waals surface area contributed by atoms with Crippen LogP contribution in [0.4, 0.5) is 32.4 Å². The minimum atomic E-state index is -4.70. The van der Waals surface area contributed by atoms with E-state index in [-0.39, 0.29) is 54.8 Å². The van der Waals surface area contributed by atoms with E-state index in [1.807, 2.05) is 0 Å². The molecule has 1 fully saturated rings. The first-order chi connectivity index (χ1) is 25.6. The highest BCUT2D eigenvalue weighted by Crippen LogP contribution is 2.40. The molecule has 0 bridgehead atoms. The number of alkyl halides is 5. The third-order valence-corrected chi connectivity index (χ3v) is 8.56. The van der Waals surface area contributed by atoms with Gasteiger partial charge in [0.05, 0.1) is 62.9 Å². The molecule has 19 heteroatoms. The van der Waals surface area contributed by atoms with Crippen molar-refractivity contribution in [2.24, 2.45) is 5.92 Å². The van der Waals surface area contributed by atoms with Gasteiger partial charge in [-0.15, -0.1) is 0 Å². The molecule has 304 valence electrons. The number of rotatable bonds is 14. The van der Waals surface area contributed by atoms with Crippen molar-refractivity contribution in [3.8, 4) is 11.8 Å². The quantitative estimate of drug-likeness (QED) is 0.0647. The van der Waals surface area contributed by atoms with Crippen molar-refractivity contribution in [1.82, 2.24) is 29.4 Å². The van der Waals surface area contributed by atoms with Gasteiger partial charge >= 0.3 is 17.6 Å². The zero-order valence-corrected chi connectivity index (χ0v) is 32.7. The van der Waals surface area contributed by atoms with Crippen LogP contribution in [0.5, 0.6) is 0 Å². The Kier molecular flexibility index (Phi) is 14.4. The molecule has 0 radical (unpaired) electrons. The number of pyridine rings is 1. The third-order valence-electron chi connectivity index (χ3n) is 7.75. The van der Waals surface area contributed by atoms with Crippen molar-refractivity contribution in [3.05, 3.63) is 42.0 Å². The zero-order valence-electron chi connectivity index (χ0n) is 31.9. The standard InChI is InChI=1S/C36H48F5N7O6S/c1-33(2,3)53-31(49)25-20-43-47(22-25)15-17-52-19-18-51-16-12-24-21-46(7)23-35(37,38)28(24)44-26-11-9-14-48-29(26)45-27(30(48)55-36(39,40)41)10-8-13-42-32(50)54-34(4,5)6/h9,11,14,20,22,24,28,44H,12-13,15-19,21,23H2,1-7H3,(H,42,50). The Bertz CT molecular complexity index is 1830. The summed E-state index contributed by atoms with van der Waals surface area (Å²) < 4.78 is 96.8. The van der Waals surface area contributed by atoms with Crippen LogP contribution in [0, 0.1) is 17.8 Å². The number of hydrogen-bond donors (Lipinski definition) is 2. The molecule has 4 rings (SSSR count). The highest BCUT2D eigenvalue weighted by molar-refractivity contribution is 8.00. The number of carbonyl (C=O) groups is 2. The van der Waals surface area contributed by atoms with Gasteiger partial charge in [-0.3, -0.25) is 9.08 Å². The number of hydrogen-bond acceptors (Lipinski definition) is 11. The molecule has 1 aliphatic rings. The molecule has 2 unspecified atom stereocenters. The summed E-state index contributed by atoms with van der Waals surface area (Å²) in [4.78, 5) is 30.0. The number of ether oxygens (including phenoxy) is 4. The molecule has 1 amide bonds. The first kappa shape index (κ1) is 43.6. The number of anilines is 1. The van der Waals surface area contributed by atoms with E-state index in [9.17, 15) is 22.8 Å². The van der Waals surface area contributed by atoms with Crippen LogP contribution in [0.25, 0.3) is 5.65 Å². The molecule has 4 heterocycles. The van der Waals surface area contributed by atoms with Crippen molar-refractivity contribution in [2.75, 3.05) is 58.4 Å². The van der Waals surface area contributed by atoms with Gasteiger partial charge < -0.3 is 34.5 Å². The molecule has 2 atom stereocenters. The Labute approximate surface area is 321 Å². The van der Waals surface area contributed by atoms with E-state index >= 15 is 8.78 Å². The lowest BCUT2D eigenvalue weighted by molar-refractivity contribution is -0.0931. The topological polar surface area (TPSA) is 133 Å². The molecule has 0 aromatic carbocycles. The van der Waals surface area contributed by atoms with Crippen LogP contribution in [-0.4, -0.2) is 118 Å². The summed E-state index contributed by atoms with van der Waals surface area (Å²) >= 11 is -0.431. The second kappa shape index (κ2) is 18.2. The van der Waals surface area contributed by atoms with Crippen LogP contribution in [0.2, 0.25) is 0 Å². The molecule has 55 heavy (non-hydrogen) atoms. The normalized spacial score (nSPS) is 17.7. The van der Waals surface area contributed by atoms with Gasteiger partial charge in [-0.05, 0) is 79.0 Å². The monoisotopic (exact) mass is 801 g/mol. The number of imidazole rings is 1. The maximum atomic E-state index is 15.7. The van der Waals surface area contributed by atoms with Crippen LogP contribution in [0.1, 0.15) is 64.0 Å². The molecule has 0 aliphatic carbocycles. The largest absolute Gasteiger partial charge is 0.456 e. The summed E-state index contributed by atoms with van der Waals surface area (Å²) in [5.74, 6) is 0.873. The van der Waals surface area contributed by atoms with Crippen LogP contribution in [-0.2, 0) is 25.5 Å². The summed E-state index contributed by atoms with van der Waals surface area (Å²) in [6, 6.07) is 1.53. The van der Waals surface area contributed by atoms with Gasteiger partial charge in [-0.2, -0.15) is 18.3 Å². The first-order valence-corrected chi connectivity index (χ1v) is 18.4. The van der Waals surface area contributed by atoms with E-state index in [0.29, 0.717) is 25.3 Å². The minimum Gasteiger partial charge on any atom is -0.456 e. The number of nitrogens with zero attached hydrogens (tertiary/aromatic N) is 5. The fourth-order valence-electron chi connectivity index (χ4n) is 5.67. The van der Waals surface area contributed by atoms with Crippen molar-refractivity contribution >= 4 is 35.2 Å². The number of thioether (sulfide) groups is 1. The van der Waals surface area contributed by atoms with E-state index in [2.05, 4.69) is 32.6 Å². The number of nitrogens with one attached hydrogen (secondary N) is 2. The fraction of sp³-hybridized carbons (Fsp3) is 0.611. The van der Waals surface area contributed by atoms with Crippen LogP contribution in [0.3, 0.4) is 0 Å². The number of halogens is 5. The predicted molar refractivity (Wildman–Crippen MR) is 195 cm³/mol. The van der Waals surface area contributed by atoms with Gasteiger partial charge in [0.2, 0.25) is 0 Å². The number of alkyl carbamates (subject to hydrolysis) is 1. The Morgan fingerprint density at radius 1 is 1.04 bits per heavy atom. The molecule has 1 aliphatic heterocycles. The average molecular weight is 802 g/mol. The second-order valence-electron chi connectivity index (χ2n) is 14.9. The van der Waals surface area contributed by atoms with Crippen molar-refractivity contribution in [2.45, 2.75) is 88.2 Å². The second-order valence-corrected chi connectivity index (χ2v) is 16.0. The third kappa shape index (κ3) is 13.8. The number of piperidine rings is 1. The lowest BCUT2D eigenvalue weighted by Crippen LogP contribution is -2.58. The molecule has 13 nitrogen and oxygen atoms in total. The summed E-state index contributed by atoms with van der Waals surface area (Å²) in [5, 5.41) is 9.11.